The van der Waals surface area contributed by atoms with Gasteiger partial charge in [0.2, 0.25) is 0 Å². The Kier molecular flexibility index (Phi) is 3.03. The fourth-order valence-corrected chi connectivity index (χ4v) is 0.350. The first-order valence-corrected chi connectivity index (χ1v) is 2.38. The molecule has 0 saturated carbocycles. The van der Waals surface area contributed by atoms with Crippen LogP contribution in [-0.2, 0) is 4.79 Å². The van der Waals surface area contributed by atoms with Crippen molar-refractivity contribution in [3.8, 4) is 0 Å². The van der Waals surface area contributed by atoms with Gasteiger partial charge in [-0.15, -0.1) is 0 Å². The van der Waals surface area contributed by atoms with Crippen molar-refractivity contribution < 1.29 is 9.90 Å². The molecular weight excluding hydrogens is 106 g/mol. The Balaban J connectivity index is 3.39. The predicted octanol–water partition coefficient (Wildman–Crippen LogP) is -0.0240. The number of hydrogen-bond donors (Lipinski definition) is 2. The molecule has 0 bridgehead atoms. The Morgan fingerprint density at radius 3 is 2.62 bits per heavy atom. The normalized spacial score (nSPS) is 12.8. The Labute approximate surface area is 47.8 Å². The van der Waals surface area contributed by atoms with E-state index in [9.17, 15) is 4.79 Å². The van der Waals surface area contributed by atoms with Crippen molar-refractivity contribution in [3.05, 3.63) is 0 Å². The molecule has 0 aromatic heterocycles. The molecule has 0 heterocycles. The fraction of sp³-hybridized carbons (Fsp3) is 0.600. The minimum atomic E-state index is -0.621. The maximum atomic E-state index is 10.2. The molecule has 1 atom stereocenters. The summed E-state index contributed by atoms with van der Waals surface area (Å²) in [6.07, 6.45) is 0.153. The van der Waals surface area contributed by atoms with E-state index >= 15 is 0 Å². The number of Topliss-reactive ketones (excluding diaryl/α,β-unsaturated/α-hetero) is 1. The molecule has 0 fully saturated rings. The van der Waals surface area contributed by atoms with Crippen molar-refractivity contribution in [2.24, 2.45) is 0 Å². The molecule has 1 unspecified atom stereocenters. The van der Waals surface area contributed by atoms with Crippen LogP contribution >= 0.6 is 0 Å². The van der Waals surface area contributed by atoms with E-state index in [-0.39, 0.29) is 12.2 Å². The molecular formula is C5H9NO2. The molecule has 0 saturated heterocycles. The summed E-state index contributed by atoms with van der Waals surface area (Å²) in [5, 5.41) is 14.9. The number of hydrogen-bond acceptors (Lipinski definition) is 3. The largest absolute Gasteiger partial charge is 0.393 e. The van der Waals surface area contributed by atoms with E-state index in [0.717, 1.165) is 0 Å². The molecule has 8 heavy (non-hydrogen) atoms. The molecule has 3 heteroatoms. The molecule has 3 nitrogen and oxygen atoms in total. The highest BCUT2D eigenvalue weighted by molar-refractivity contribution is 6.26. The molecule has 0 aromatic rings. The summed E-state index contributed by atoms with van der Waals surface area (Å²) < 4.78 is 0. The average Bonchev–Trinajstić information content (AvgIpc) is 1.65. The SMILES string of the molecule is CC(O)CC(=O)C=N. The maximum Gasteiger partial charge on any atom is 0.175 e. The van der Waals surface area contributed by atoms with Crippen molar-refractivity contribution in [1.82, 2.24) is 0 Å². The summed E-state index contributed by atoms with van der Waals surface area (Å²) in [6.45, 7) is 1.52. The second kappa shape index (κ2) is 3.32. The summed E-state index contributed by atoms with van der Waals surface area (Å²) in [5.74, 6) is -0.333. The van der Waals surface area contributed by atoms with Crippen molar-refractivity contribution in [2.75, 3.05) is 0 Å². The van der Waals surface area contributed by atoms with Crippen LogP contribution in [0.15, 0.2) is 0 Å². The van der Waals surface area contributed by atoms with Gasteiger partial charge in [0.25, 0.3) is 0 Å². The first-order chi connectivity index (χ1) is 3.66. The lowest BCUT2D eigenvalue weighted by Crippen LogP contribution is -2.09. The first kappa shape index (κ1) is 7.30. The molecule has 0 aliphatic rings. The number of aliphatic hydroxyl groups is 1. The van der Waals surface area contributed by atoms with Crippen LogP contribution in [0.25, 0.3) is 0 Å². The first-order valence-electron chi connectivity index (χ1n) is 2.38. The van der Waals surface area contributed by atoms with Gasteiger partial charge in [-0.3, -0.25) is 4.79 Å². The summed E-state index contributed by atoms with van der Waals surface area (Å²) >= 11 is 0. The average molecular weight is 115 g/mol. The standard InChI is InChI=1S/C5H9NO2/c1-4(7)2-5(8)3-6/h3-4,6-7H,2H2,1H3. The Bertz CT molecular complexity index is 98.6. The van der Waals surface area contributed by atoms with Crippen LogP contribution in [0.3, 0.4) is 0 Å². The molecule has 0 rings (SSSR count). The van der Waals surface area contributed by atoms with Crippen LogP contribution in [0.4, 0.5) is 0 Å². The van der Waals surface area contributed by atoms with Crippen molar-refractivity contribution in [3.63, 3.8) is 0 Å². The number of carbonyl (C=O) groups is 1. The van der Waals surface area contributed by atoms with E-state index < -0.39 is 6.10 Å². The van der Waals surface area contributed by atoms with Gasteiger partial charge in [-0.1, -0.05) is 0 Å². The summed E-state index contributed by atoms with van der Waals surface area (Å²) in [4.78, 5) is 10.2. The van der Waals surface area contributed by atoms with Gasteiger partial charge < -0.3 is 10.5 Å². The third-order valence-electron chi connectivity index (χ3n) is 0.658. The van der Waals surface area contributed by atoms with Gasteiger partial charge in [0.05, 0.1) is 12.3 Å². The highest BCUT2D eigenvalue weighted by Crippen LogP contribution is 1.87. The quantitative estimate of drug-likeness (QED) is 0.507. The molecule has 0 radical (unpaired) electrons. The maximum absolute atomic E-state index is 10.2. The van der Waals surface area contributed by atoms with E-state index in [1.165, 1.54) is 6.92 Å². The van der Waals surface area contributed by atoms with E-state index in [1.807, 2.05) is 0 Å². The highest BCUT2D eigenvalue weighted by Gasteiger charge is 2.00. The molecule has 0 aliphatic carbocycles. The van der Waals surface area contributed by atoms with Crippen molar-refractivity contribution in [2.45, 2.75) is 19.4 Å². The topological polar surface area (TPSA) is 61.1 Å². The highest BCUT2D eigenvalue weighted by atomic mass is 16.3. The Hall–Kier alpha value is -0.700. The van der Waals surface area contributed by atoms with Gasteiger partial charge in [-0.05, 0) is 6.92 Å². The van der Waals surface area contributed by atoms with Gasteiger partial charge >= 0.3 is 0 Å². The Morgan fingerprint density at radius 1 is 2.00 bits per heavy atom. The van der Waals surface area contributed by atoms with E-state index in [0.29, 0.717) is 6.21 Å². The minimum Gasteiger partial charge on any atom is -0.393 e. The smallest absolute Gasteiger partial charge is 0.175 e. The van der Waals surface area contributed by atoms with Gasteiger partial charge in [0.15, 0.2) is 5.78 Å². The molecule has 0 spiro atoms. The predicted molar refractivity (Wildman–Crippen MR) is 30.1 cm³/mol. The van der Waals surface area contributed by atoms with E-state index in [1.54, 1.807) is 0 Å². The van der Waals surface area contributed by atoms with Crippen LogP contribution in [0.2, 0.25) is 0 Å². The number of rotatable bonds is 3. The van der Waals surface area contributed by atoms with Crippen molar-refractivity contribution >= 4 is 12.0 Å². The van der Waals surface area contributed by atoms with Crippen LogP contribution in [-0.4, -0.2) is 23.2 Å². The zero-order chi connectivity index (χ0) is 6.57. The van der Waals surface area contributed by atoms with Crippen LogP contribution in [0, 0.1) is 5.41 Å². The number of carbonyl (C=O) groups excluding carboxylic acids is 1. The zero-order valence-corrected chi connectivity index (χ0v) is 4.72. The van der Waals surface area contributed by atoms with E-state index in [4.69, 9.17) is 10.5 Å². The third-order valence-corrected chi connectivity index (χ3v) is 0.658. The third kappa shape index (κ3) is 3.49. The van der Waals surface area contributed by atoms with Gasteiger partial charge in [-0.2, -0.15) is 0 Å². The molecule has 0 amide bonds. The molecule has 0 aliphatic heterocycles. The van der Waals surface area contributed by atoms with Gasteiger partial charge in [0, 0.05) is 6.42 Å². The van der Waals surface area contributed by atoms with Gasteiger partial charge in [0.1, 0.15) is 0 Å². The number of ketones is 1. The van der Waals surface area contributed by atoms with E-state index in [2.05, 4.69) is 0 Å². The summed E-state index contributed by atoms with van der Waals surface area (Å²) in [7, 11) is 0. The van der Waals surface area contributed by atoms with Gasteiger partial charge in [-0.25, -0.2) is 0 Å². The Morgan fingerprint density at radius 2 is 2.50 bits per heavy atom. The summed E-state index contributed by atoms with van der Waals surface area (Å²) in [6, 6.07) is 0. The van der Waals surface area contributed by atoms with Crippen molar-refractivity contribution in [1.29, 1.82) is 5.41 Å². The zero-order valence-electron chi connectivity index (χ0n) is 4.72. The lowest BCUT2D eigenvalue weighted by atomic mass is 10.2. The number of nitrogens with one attached hydrogen (secondary N) is 1. The minimum absolute atomic E-state index is 0.0590. The second-order valence-corrected chi connectivity index (χ2v) is 1.66. The van der Waals surface area contributed by atoms with Crippen LogP contribution in [0.1, 0.15) is 13.3 Å². The van der Waals surface area contributed by atoms with Crippen LogP contribution in [0.5, 0.6) is 0 Å². The fourth-order valence-electron chi connectivity index (χ4n) is 0.350. The molecule has 2 N–H and O–H groups in total. The lowest BCUT2D eigenvalue weighted by Gasteiger charge is -1.95. The monoisotopic (exact) mass is 115 g/mol. The second-order valence-electron chi connectivity index (χ2n) is 1.66. The van der Waals surface area contributed by atoms with Crippen LogP contribution < -0.4 is 0 Å². The lowest BCUT2D eigenvalue weighted by molar-refractivity contribution is -0.114. The number of aliphatic hydroxyl groups excluding tert-OH is 1. The summed E-state index contributed by atoms with van der Waals surface area (Å²) in [5.41, 5.74) is 0. The molecule has 46 valence electrons. The molecule has 0 aromatic carbocycles.